The number of ether oxygens (including phenoxy) is 1. The van der Waals surface area contributed by atoms with Gasteiger partial charge in [-0.2, -0.15) is 0 Å². The number of nitrogens with one attached hydrogen (secondary N) is 1. The molecule has 0 spiro atoms. The van der Waals surface area contributed by atoms with Crippen molar-refractivity contribution in [1.29, 1.82) is 0 Å². The van der Waals surface area contributed by atoms with E-state index in [-0.39, 0.29) is 12.1 Å². The van der Waals surface area contributed by atoms with E-state index in [0.29, 0.717) is 13.2 Å². The maximum Gasteiger partial charge on any atom is 0.323 e. The Kier molecular flexibility index (Phi) is 4.67. The normalized spacial score (nSPS) is 16.2. The van der Waals surface area contributed by atoms with Gasteiger partial charge in [-0.3, -0.25) is 5.32 Å². The fourth-order valence-corrected chi connectivity index (χ4v) is 4.00. The first-order valence-electron chi connectivity index (χ1n) is 8.75. The first-order chi connectivity index (χ1) is 12.8. The molecule has 0 aliphatic carbocycles. The third kappa shape index (κ3) is 3.20. The van der Waals surface area contributed by atoms with E-state index in [0.717, 1.165) is 28.6 Å². The molecule has 1 aliphatic rings. The Morgan fingerprint density at radius 1 is 1.19 bits per heavy atom. The monoisotopic (exact) mass is 367 g/mol. The zero-order chi connectivity index (χ0) is 17.9. The van der Waals surface area contributed by atoms with Crippen LogP contribution in [-0.4, -0.2) is 28.6 Å². The summed E-state index contributed by atoms with van der Waals surface area (Å²) in [5.74, 6) is 0.844. The molecule has 3 heterocycles. The molecule has 5 nitrogen and oxygen atoms in total. The number of hydrogen-bond donors (Lipinski definition) is 1. The summed E-state index contributed by atoms with van der Waals surface area (Å²) in [6.07, 6.45) is 2.07. The number of carbonyl (C=O) groups excluding carboxylic acids is 1. The third-order valence-corrected chi connectivity index (χ3v) is 5.34. The van der Waals surface area contributed by atoms with Gasteiger partial charge in [0.05, 0.1) is 17.6 Å². The molecule has 3 aromatic rings. The second-order valence-corrected chi connectivity index (χ2v) is 7.08. The Hall–Kier alpha value is -2.73. The molecule has 1 aliphatic heterocycles. The van der Waals surface area contributed by atoms with Gasteiger partial charge in [-0.05, 0) is 54.3 Å². The number of thiophene rings is 1. The summed E-state index contributed by atoms with van der Waals surface area (Å²) in [5, 5.41) is 5.84. The lowest BCUT2D eigenvalue weighted by atomic mass is 10.00. The van der Waals surface area contributed by atoms with Crippen LogP contribution in [0.3, 0.4) is 0 Å². The molecule has 0 bridgehead atoms. The number of rotatable bonds is 4. The van der Waals surface area contributed by atoms with Gasteiger partial charge in [0.25, 0.3) is 0 Å². The lowest BCUT2D eigenvalue weighted by Gasteiger charge is -2.37. The number of aromatic nitrogens is 1. The highest BCUT2D eigenvalue weighted by Gasteiger charge is 2.32. The highest BCUT2D eigenvalue weighted by Crippen LogP contribution is 2.34. The summed E-state index contributed by atoms with van der Waals surface area (Å²) in [4.78, 5) is 14.8. The zero-order valence-electron chi connectivity index (χ0n) is 14.6. The van der Waals surface area contributed by atoms with E-state index in [1.165, 1.54) is 11.3 Å². The van der Waals surface area contributed by atoms with E-state index in [4.69, 9.17) is 4.74 Å². The largest absolute Gasteiger partial charge is 0.494 e. The summed E-state index contributed by atoms with van der Waals surface area (Å²) < 4.78 is 7.77. The lowest BCUT2D eigenvalue weighted by Crippen LogP contribution is -2.44. The van der Waals surface area contributed by atoms with E-state index >= 15 is 0 Å². The van der Waals surface area contributed by atoms with Crippen LogP contribution in [0.2, 0.25) is 0 Å². The van der Waals surface area contributed by atoms with Crippen LogP contribution in [0.5, 0.6) is 5.75 Å². The molecule has 134 valence electrons. The first kappa shape index (κ1) is 16.7. The van der Waals surface area contributed by atoms with Crippen molar-refractivity contribution in [3.8, 4) is 5.75 Å². The highest BCUT2D eigenvalue weighted by molar-refractivity contribution is 7.14. The smallest absolute Gasteiger partial charge is 0.323 e. The molecule has 0 radical (unpaired) electrons. The number of hydrogen-bond acceptors (Lipinski definition) is 3. The van der Waals surface area contributed by atoms with Crippen LogP contribution >= 0.6 is 11.3 Å². The molecule has 0 fully saturated rings. The minimum atomic E-state index is -0.116. The first-order valence-corrected chi connectivity index (χ1v) is 9.63. The van der Waals surface area contributed by atoms with Crippen molar-refractivity contribution in [2.24, 2.45) is 0 Å². The molecule has 26 heavy (non-hydrogen) atoms. The van der Waals surface area contributed by atoms with E-state index in [2.05, 4.69) is 22.1 Å². The van der Waals surface area contributed by atoms with Crippen LogP contribution in [-0.2, 0) is 6.54 Å². The predicted octanol–water partition coefficient (Wildman–Crippen LogP) is 4.59. The quantitative estimate of drug-likeness (QED) is 0.733. The van der Waals surface area contributed by atoms with Crippen LogP contribution in [0.15, 0.2) is 60.1 Å². The fourth-order valence-electron chi connectivity index (χ4n) is 3.39. The Bertz CT molecular complexity index is 871. The maximum absolute atomic E-state index is 12.9. The van der Waals surface area contributed by atoms with Crippen molar-refractivity contribution in [1.82, 2.24) is 9.47 Å². The summed E-state index contributed by atoms with van der Waals surface area (Å²) in [6.45, 7) is 4.07. The number of amides is 2. The van der Waals surface area contributed by atoms with E-state index < -0.39 is 0 Å². The molecule has 1 unspecified atom stereocenters. The topological polar surface area (TPSA) is 46.5 Å². The van der Waals surface area contributed by atoms with E-state index in [1.807, 2.05) is 59.7 Å². The van der Waals surface area contributed by atoms with Gasteiger partial charge in [0, 0.05) is 25.0 Å². The van der Waals surface area contributed by atoms with Gasteiger partial charge in [0.15, 0.2) is 0 Å². The van der Waals surface area contributed by atoms with Gasteiger partial charge < -0.3 is 14.2 Å². The minimum absolute atomic E-state index is 0.0706. The van der Waals surface area contributed by atoms with Crippen molar-refractivity contribution >= 4 is 22.4 Å². The summed E-state index contributed by atoms with van der Waals surface area (Å²) in [6, 6.07) is 15.8. The molecule has 1 aromatic carbocycles. The zero-order valence-corrected chi connectivity index (χ0v) is 15.4. The van der Waals surface area contributed by atoms with Crippen LogP contribution < -0.4 is 10.1 Å². The number of carbonyl (C=O) groups is 1. The molecule has 2 aromatic heterocycles. The van der Waals surface area contributed by atoms with Gasteiger partial charge in [-0.1, -0.05) is 12.1 Å². The van der Waals surface area contributed by atoms with Gasteiger partial charge in [-0.15, -0.1) is 11.3 Å². The Morgan fingerprint density at radius 3 is 2.77 bits per heavy atom. The molecule has 0 saturated heterocycles. The van der Waals surface area contributed by atoms with Gasteiger partial charge in [0.2, 0.25) is 0 Å². The van der Waals surface area contributed by atoms with Crippen molar-refractivity contribution in [3.63, 3.8) is 0 Å². The number of fused-ring (bicyclic) bond motifs is 1. The van der Waals surface area contributed by atoms with Gasteiger partial charge >= 0.3 is 6.03 Å². The number of urea groups is 1. The number of benzene rings is 1. The average molecular weight is 367 g/mol. The van der Waals surface area contributed by atoms with E-state index in [9.17, 15) is 4.79 Å². The Labute approximate surface area is 156 Å². The fraction of sp³-hybridized carbons (Fsp3) is 0.250. The molecule has 1 atom stereocenters. The third-order valence-electron chi connectivity index (χ3n) is 4.56. The van der Waals surface area contributed by atoms with Crippen molar-refractivity contribution < 1.29 is 9.53 Å². The minimum Gasteiger partial charge on any atom is -0.494 e. The van der Waals surface area contributed by atoms with E-state index in [1.54, 1.807) is 0 Å². The predicted molar refractivity (Wildman–Crippen MR) is 104 cm³/mol. The Morgan fingerprint density at radius 2 is 2.04 bits per heavy atom. The van der Waals surface area contributed by atoms with Crippen LogP contribution in [0.25, 0.3) is 0 Å². The average Bonchev–Trinajstić information content (AvgIpc) is 3.33. The second kappa shape index (κ2) is 7.25. The highest BCUT2D eigenvalue weighted by atomic mass is 32.1. The molecule has 0 saturated carbocycles. The lowest BCUT2D eigenvalue weighted by molar-refractivity contribution is 0.182. The van der Waals surface area contributed by atoms with Crippen molar-refractivity contribution in [2.45, 2.75) is 19.5 Å². The number of anilines is 1. The second-order valence-electron chi connectivity index (χ2n) is 6.13. The number of nitrogens with zero attached hydrogens (tertiary/aromatic N) is 2. The van der Waals surface area contributed by atoms with Crippen molar-refractivity contribution in [2.75, 3.05) is 18.5 Å². The summed E-state index contributed by atoms with van der Waals surface area (Å²) >= 11 is 1.53. The maximum atomic E-state index is 12.9. The standard InChI is InChI=1S/C20H21N3O2S/c1-2-25-16-9-7-15(8-10-16)19-17-5-3-11-22(17)12-13-23(19)20(24)21-18-6-4-14-26-18/h3-11,14,19H,2,12-13H2,1H3,(H,21,24). The SMILES string of the molecule is CCOc1ccc(C2c3cccn3CCN2C(=O)Nc2cccs2)cc1. The molecule has 6 heteroatoms. The van der Waals surface area contributed by atoms with Gasteiger partial charge in [-0.25, -0.2) is 4.79 Å². The summed E-state index contributed by atoms with van der Waals surface area (Å²) in [7, 11) is 0. The molecule has 4 rings (SSSR count). The summed E-state index contributed by atoms with van der Waals surface area (Å²) in [5.41, 5.74) is 2.20. The molecular weight excluding hydrogens is 346 g/mol. The van der Waals surface area contributed by atoms with Crippen LogP contribution in [0.1, 0.15) is 24.2 Å². The molecule has 2 amide bonds. The van der Waals surface area contributed by atoms with Crippen LogP contribution in [0, 0.1) is 0 Å². The van der Waals surface area contributed by atoms with Gasteiger partial charge in [0.1, 0.15) is 5.75 Å². The van der Waals surface area contributed by atoms with Crippen molar-refractivity contribution in [3.05, 3.63) is 71.4 Å². The molecular formula is C20H21N3O2S. The van der Waals surface area contributed by atoms with Crippen LogP contribution in [0.4, 0.5) is 9.80 Å². The Balaban J connectivity index is 1.65. The molecule has 1 N–H and O–H groups in total.